The van der Waals surface area contributed by atoms with Gasteiger partial charge in [-0.3, -0.25) is 14.3 Å². The number of amides is 2. The first-order valence-corrected chi connectivity index (χ1v) is 7.58. The van der Waals surface area contributed by atoms with E-state index >= 15 is 0 Å². The number of nitrogens with one attached hydrogen (secondary N) is 1. The molecule has 2 amide bonds. The van der Waals surface area contributed by atoms with Crippen molar-refractivity contribution in [3.8, 4) is 5.75 Å². The van der Waals surface area contributed by atoms with Gasteiger partial charge in [-0.05, 0) is 19.1 Å². The van der Waals surface area contributed by atoms with Gasteiger partial charge in [-0.1, -0.05) is 0 Å². The van der Waals surface area contributed by atoms with E-state index in [1.165, 1.54) is 17.9 Å². The number of primary amides is 1. The molecule has 0 saturated carbocycles. The molecule has 1 aromatic carbocycles. The Labute approximate surface area is 147 Å². The molecule has 0 aliphatic heterocycles. The van der Waals surface area contributed by atoms with Crippen molar-refractivity contribution in [1.82, 2.24) is 9.78 Å². The van der Waals surface area contributed by atoms with Gasteiger partial charge in [-0.25, -0.2) is 4.79 Å². The van der Waals surface area contributed by atoms with E-state index in [0.29, 0.717) is 16.8 Å². The van der Waals surface area contributed by atoms with Gasteiger partial charge in [0.15, 0.2) is 5.69 Å². The molecule has 9 heteroatoms. The number of fused-ring (bicyclic) bond motifs is 1. The van der Waals surface area contributed by atoms with Crippen LogP contribution in [0.1, 0.15) is 26.5 Å². The van der Waals surface area contributed by atoms with Gasteiger partial charge in [0.1, 0.15) is 11.3 Å². The quantitative estimate of drug-likeness (QED) is 0.676. The highest BCUT2D eigenvalue weighted by Gasteiger charge is 2.21. The molecular weight excluding hydrogens is 340 g/mol. The first-order valence-electron chi connectivity index (χ1n) is 7.58. The molecule has 0 saturated heterocycles. The lowest BCUT2D eigenvalue weighted by molar-refractivity contribution is 0.0995. The van der Waals surface area contributed by atoms with Gasteiger partial charge in [-0.2, -0.15) is 5.10 Å². The van der Waals surface area contributed by atoms with E-state index in [9.17, 15) is 14.4 Å². The fourth-order valence-electron chi connectivity index (χ4n) is 2.57. The highest BCUT2D eigenvalue weighted by Crippen LogP contribution is 2.25. The van der Waals surface area contributed by atoms with Crippen LogP contribution in [0.2, 0.25) is 0 Å². The lowest BCUT2D eigenvalue weighted by Gasteiger charge is -2.08. The first-order chi connectivity index (χ1) is 12.3. The van der Waals surface area contributed by atoms with Crippen molar-refractivity contribution in [2.45, 2.75) is 6.92 Å². The molecule has 134 valence electrons. The van der Waals surface area contributed by atoms with Gasteiger partial charge < -0.3 is 20.2 Å². The topological polar surface area (TPSA) is 129 Å². The SMILES string of the molecule is COc1ccc2c(C(=O)Nc3c(C(N)=O)nn(C)c3C)cc(=O)oc2c1. The molecular formula is C17H16N4O5. The zero-order valence-corrected chi connectivity index (χ0v) is 14.3. The van der Waals surface area contributed by atoms with Crippen molar-refractivity contribution in [2.75, 3.05) is 12.4 Å². The van der Waals surface area contributed by atoms with Crippen LogP contribution in [-0.4, -0.2) is 28.7 Å². The molecule has 3 aromatic rings. The van der Waals surface area contributed by atoms with E-state index in [1.807, 2.05) is 0 Å². The summed E-state index contributed by atoms with van der Waals surface area (Å²) in [7, 11) is 3.10. The second-order valence-electron chi connectivity index (χ2n) is 5.59. The summed E-state index contributed by atoms with van der Waals surface area (Å²) in [4.78, 5) is 36.1. The van der Waals surface area contributed by atoms with E-state index in [-0.39, 0.29) is 22.5 Å². The van der Waals surface area contributed by atoms with Crippen LogP contribution >= 0.6 is 0 Å². The summed E-state index contributed by atoms with van der Waals surface area (Å²) in [6, 6.07) is 5.85. The Morgan fingerprint density at radius 3 is 2.69 bits per heavy atom. The summed E-state index contributed by atoms with van der Waals surface area (Å²) < 4.78 is 11.7. The van der Waals surface area contributed by atoms with Gasteiger partial charge in [0.25, 0.3) is 11.8 Å². The minimum Gasteiger partial charge on any atom is -0.497 e. The third-order valence-corrected chi connectivity index (χ3v) is 4.00. The van der Waals surface area contributed by atoms with Gasteiger partial charge in [0, 0.05) is 24.6 Å². The molecule has 0 fully saturated rings. The molecule has 3 N–H and O–H groups in total. The molecule has 0 atom stereocenters. The van der Waals surface area contributed by atoms with Crippen molar-refractivity contribution < 1.29 is 18.7 Å². The summed E-state index contributed by atoms with van der Waals surface area (Å²) in [6.07, 6.45) is 0. The molecule has 2 aromatic heterocycles. The highest BCUT2D eigenvalue weighted by atomic mass is 16.5. The number of aromatic nitrogens is 2. The third-order valence-electron chi connectivity index (χ3n) is 4.00. The van der Waals surface area contributed by atoms with E-state index in [0.717, 1.165) is 6.07 Å². The second kappa shape index (κ2) is 6.36. The lowest BCUT2D eigenvalue weighted by atomic mass is 10.1. The fourth-order valence-corrected chi connectivity index (χ4v) is 2.57. The van der Waals surface area contributed by atoms with Crippen LogP contribution in [0.3, 0.4) is 0 Å². The van der Waals surface area contributed by atoms with Crippen molar-refractivity contribution in [1.29, 1.82) is 0 Å². The Bertz CT molecular complexity index is 1100. The molecule has 26 heavy (non-hydrogen) atoms. The number of aryl methyl sites for hydroxylation is 1. The Hall–Kier alpha value is -3.62. The van der Waals surface area contributed by atoms with Crippen molar-refractivity contribution >= 4 is 28.5 Å². The number of hydrogen-bond acceptors (Lipinski definition) is 6. The minimum absolute atomic E-state index is 0.0627. The number of benzene rings is 1. The normalized spacial score (nSPS) is 10.7. The van der Waals surface area contributed by atoms with E-state index < -0.39 is 17.4 Å². The minimum atomic E-state index is -0.772. The summed E-state index contributed by atoms with van der Waals surface area (Å²) in [5.74, 6) is -0.879. The molecule has 0 aliphatic rings. The van der Waals surface area contributed by atoms with Crippen LogP contribution in [-0.2, 0) is 7.05 Å². The molecule has 3 rings (SSSR count). The summed E-state index contributed by atoms with van der Waals surface area (Å²) >= 11 is 0. The number of nitrogens with two attached hydrogens (primary N) is 1. The zero-order valence-electron chi connectivity index (χ0n) is 14.3. The highest BCUT2D eigenvalue weighted by molar-refractivity contribution is 6.14. The van der Waals surface area contributed by atoms with Crippen LogP contribution in [0.15, 0.2) is 33.5 Å². The zero-order chi connectivity index (χ0) is 19.0. The van der Waals surface area contributed by atoms with E-state index in [2.05, 4.69) is 10.4 Å². The average Bonchev–Trinajstić information content (AvgIpc) is 2.88. The maximum atomic E-state index is 12.8. The predicted molar refractivity (Wildman–Crippen MR) is 93.5 cm³/mol. The van der Waals surface area contributed by atoms with Crippen LogP contribution in [0.25, 0.3) is 11.0 Å². The maximum Gasteiger partial charge on any atom is 0.337 e. The number of anilines is 1. The number of ether oxygens (including phenoxy) is 1. The van der Waals surface area contributed by atoms with Gasteiger partial charge in [-0.15, -0.1) is 0 Å². The van der Waals surface area contributed by atoms with Crippen LogP contribution in [0.5, 0.6) is 5.75 Å². The summed E-state index contributed by atoms with van der Waals surface area (Å²) in [5.41, 5.74) is 5.60. The second-order valence-corrected chi connectivity index (χ2v) is 5.59. The molecule has 0 bridgehead atoms. The lowest BCUT2D eigenvalue weighted by Crippen LogP contribution is -2.19. The number of nitrogens with zero attached hydrogens (tertiary/aromatic N) is 2. The predicted octanol–water partition coefficient (Wildman–Crippen LogP) is 1.19. The number of carbonyl (C=O) groups excluding carboxylic acids is 2. The largest absolute Gasteiger partial charge is 0.497 e. The number of rotatable bonds is 4. The fraction of sp³-hybridized carbons (Fsp3) is 0.176. The Kier molecular flexibility index (Phi) is 4.21. The molecule has 9 nitrogen and oxygen atoms in total. The van der Waals surface area contributed by atoms with Gasteiger partial charge in [0.2, 0.25) is 0 Å². The van der Waals surface area contributed by atoms with Crippen molar-refractivity contribution in [3.05, 3.63) is 51.6 Å². The molecule has 0 aliphatic carbocycles. The Morgan fingerprint density at radius 2 is 2.04 bits per heavy atom. The van der Waals surface area contributed by atoms with E-state index in [1.54, 1.807) is 26.1 Å². The molecule has 0 radical (unpaired) electrons. The summed E-state index contributed by atoms with van der Waals surface area (Å²) in [5, 5.41) is 7.02. The Balaban J connectivity index is 2.09. The Morgan fingerprint density at radius 1 is 1.31 bits per heavy atom. The van der Waals surface area contributed by atoms with Gasteiger partial charge >= 0.3 is 5.63 Å². The summed E-state index contributed by atoms with van der Waals surface area (Å²) in [6.45, 7) is 1.68. The molecule has 0 unspecified atom stereocenters. The number of methoxy groups -OCH3 is 1. The van der Waals surface area contributed by atoms with Crippen LogP contribution < -0.4 is 21.4 Å². The smallest absolute Gasteiger partial charge is 0.337 e. The monoisotopic (exact) mass is 356 g/mol. The van der Waals surface area contributed by atoms with E-state index in [4.69, 9.17) is 14.9 Å². The first kappa shape index (κ1) is 17.2. The molecule has 2 heterocycles. The van der Waals surface area contributed by atoms with Crippen LogP contribution in [0.4, 0.5) is 5.69 Å². The standard InChI is InChI=1S/C17H16N4O5/c1-8-14(15(16(18)23)20-21(8)2)19-17(24)11-7-13(22)26-12-6-9(25-3)4-5-10(11)12/h4-7H,1-3H3,(H2,18,23)(H,19,24). The molecule has 0 spiro atoms. The maximum absolute atomic E-state index is 12.8. The van der Waals surface area contributed by atoms with Gasteiger partial charge in [0.05, 0.1) is 24.1 Å². The van der Waals surface area contributed by atoms with Crippen LogP contribution in [0, 0.1) is 6.92 Å². The third kappa shape index (κ3) is 2.90. The van der Waals surface area contributed by atoms with Crippen molar-refractivity contribution in [2.24, 2.45) is 12.8 Å². The average molecular weight is 356 g/mol. The number of carbonyl (C=O) groups is 2. The number of hydrogen-bond donors (Lipinski definition) is 2. The van der Waals surface area contributed by atoms with Crippen molar-refractivity contribution in [3.63, 3.8) is 0 Å².